The summed E-state index contributed by atoms with van der Waals surface area (Å²) in [5.41, 5.74) is 0. The van der Waals surface area contributed by atoms with Gasteiger partial charge in [-0.2, -0.15) is 0 Å². The van der Waals surface area contributed by atoms with Crippen molar-refractivity contribution in [2.24, 2.45) is 5.92 Å². The van der Waals surface area contributed by atoms with Gasteiger partial charge in [-0.1, -0.05) is 15.9 Å². The van der Waals surface area contributed by atoms with Crippen LogP contribution in [0.15, 0.2) is 28.7 Å². The number of amides is 1. The molecule has 1 aromatic carbocycles. The van der Waals surface area contributed by atoms with Gasteiger partial charge in [-0.25, -0.2) is 0 Å². The SMILES string of the molecule is Cl.O=C(CCC1CCNC1)NCCOc1ccc(Br)cc1. The van der Waals surface area contributed by atoms with E-state index in [4.69, 9.17) is 4.74 Å². The van der Waals surface area contributed by atoms with Crippen molar-refractivity contribution < 1.29 is 9.53 Å². The number of hydrogen-bond acceptors (Lipinski definition) is 3. The lowest BCUT2D eigenvalue weighted by Gasteiger charge is -2.09. The topological polar surface area (TPSA) is 50.4 Å². The van der Waals surface area contributed by atoms with Crippen LogP contribution in [0.4, 0.5) is 0 Å². The highest BCUT2D eigenvalue weighted by atomic mass is 79.9. The molecule has 0 aromatic heterocycles. The molecule has 2 rings (SSSR count). The zero-order valence-corrected chi connectivity index (χ0v) is 14.3. The molecule has 2 N–H and O–H groups in total. The second kappa shape index (κ2) is 10.0. The van der Waals surface area contributed by atoms with E-state index in [1.165, 1.54) is 6.42 Å². The van der Waals surface area contributed by atoms with Gasteiger partial charge < -0.3 is 15.4 Å². The highest BCUT2D eigenvalue weighted by Crippen LogP contribution is 2.16. The van der Waals surface area contributed by atoms with E-state index in [9.17, 15) is 4.79 Å². The van der Waals surface area contributed by atoms with Crippen molar-refractivity contribution in [1.29, 1.82) is 0 Å². The van der Waals surface area contributed by atoms with E-state index in [-0.39, 0.29) is 18.3 Å². The molecule has 1 atom stereocenters. The Morgan fingerprint density at radius 3 is 2.81 bits per heavy atom. The van der Waals surface area contributed by atoms with Crippen molar-refractivity contribution >= 4 is 34.2 Å². The second-order valence-corrected chi connectivity index (χ2v) is 5.97. The lowest BCUT2D eigenvalue weighted by molar-refractivity contribution is -0.121. The van der Waals surface area contributed by atoms with Crippen LogP contribution in [0.5, 0.6) is 5.75 Å². The van der Waals surface area contributed by atoms with Gasteiger partial charge in [0, 0.05) is 10.9 Å². The normalized spacial score (nSPS) is 17.1. The number of nitrogens with one attached hydrogen (secondary N) is 2. The monoisotopic (exact) mass is 376 g/mol. The molecule has 1 aliphatic heterocycles. The van der Waals surface area contributed by atoms with E-state index >= 15 is 0 Å². The van der Waals surface area contributed by atoms with Crippen molar-refractivity contribution in [2.75, 3.05) is 26.2 Å². The summed E-state index contributed by atoms with van der Waals surface area (Å²) < 4.78 is 6.57. The zero-order valence-electron chi connectivity index (χ0n) is 11.9. The van der Waals surface area contributed by atoms with Crippen molar-refractivity contribution in [1.82, 2.24) is 10.6 Å². The van der Waals surface area contributed by atoms with E-state index in [0.29, 0.717) is 25.5 Å². The van der Waals surface area contributed by atoms with E-state index in [0.717, 1.165) is 29.7 Å². The van der Waals surface area contributed by atoms with Gasteiger partial charge in [0.25, 0.3) is 0 Å². The third kappa shape index (κ3) is 7.16. The lowest BCUT2D eigenvalue weighted by Crippen LogP contribution is -2.28. The van der Waals surface area contributed by atoms with Crippen LogP contribution in [-0.4, -0.2) is 32.1 Å². The molecule has 0 aliphatic carbocycles. The first-order valence-electron chi connectivity index (χ1n) is 7.10. The Hall–Kier alpha value is -0.780. The van der Waals surface area contributed by atoms with Crippen LogP contribution in [0.2, 0.25) is 0 Å². The molecule has 1 amide bonds. The van der Waals surface area contributed by atoms with Crippen LogP contribution < -0.4 is 15.4 Å². The van der Waals surface area contributed by atoms with Gasteiger partial charge in [-0.15, -0.1) is 12.4 Å². The number of carbonyl (C=O) groups is 1. The maximum atomic E-state index is 11.7. The first kappa shape index (κ1) is 18.3. The van der Waals surface area contributed by atoms with E-state index in [1.54, 1.807) is 0 Å². The summed E-state index contributed by atoms with van der Waals surface area (Å²) in [7, 11) is 0. The van der Waals surface area contributed by atoms with Gasteiger partial charge >= 0.3 is 0 Å². The summed E-state index contributed by atoms with van der Waals surface area (Å²) in [6.07, 6.45) is 2.79. The highest BCUT2D eigenvalue weighted by Gasteiger charge is 2.15. The fourth-order valence-corrected chi connectivity index (χ4v) is 2.54. The smallest absolute Gasteiger partial charge is 0.220 e. The zero-order chi connectivity index (χ0) is 14.2. The average molecular weight is 378 g/mol. The van der Waals surface area contributed by atoms with Crippen molar-refractivity contribution in [3.05, 3.63) is 28.7 Å². The average Bonchev–Trinajstić information content (AvgIpc) is 2.96. The minimum absolute atomic E-state index is 0. The van der Waals surface area contributed by atoms with E-state index < -0.39 is 0 Å². The summed E-state index contributed by atoms with van der Waals surface area (Å²) in [5.74, 6) is 1.61. The molecule has 21 heavy (non-hydrogen) atoms. The van der Waals surface area contributed by atoms with Crippen LogP contribution in [0.1, 0.15) is 19.3 Å². The molecule has 0 spiro atoms. The van der Waals surface area contributed by atoms with Crippen LogP contribution in [-0.2, 0) is 4.79 Å². The number of halogens is 2. The maximum absolute atomic E-state index is 11.7. The number of carbonyl (C=O) groups excluding carboxylic acids is 1. The lowest BCUT2D eigenvalue weighted by atomic mass is 10.0. The Bertz CT molecular complexity index is 422. The summed E-state index contributed by atoms with van der Waals surface area (Å²) >= 11 is 3.37. The number of ether oxygens (including phenoxy) is 1. The summed E-state index contributed by atoms with van der Waals surface area (Å²) in [5, 5.41) is 6.21. The molecule has 1 unspecified atom stereocenters. The summed E-state index contributed by atoms with van der Waals surface area (Å²) in [6, 6.07) is 7.67. The Kier molecular flexibility index (Phi) is 8.73. The minimum Gasteiger partial charge on any atom is -0.492 e. The van der Waals surface area contributed by atoms with Crippen molar-refractivity contribution in [2.45, 2.75) is 19.3 Å². The molecule has 0 bridgehead atoms. The molecule has 4 nitrogen and oxygen atoms in total. The van der Waals surface area contributed by atoms with Gasteiger partial charge in [-0.3, -0.25) is 4.79 Å². The summed E-state index contributed by atoms with van der Waals surface area (Å²) in [6.45, 7) is 3.20. The summed E-state index contributed by atoms with van der Waals surface area (Å²) in [4.78, 5) is 11.7. The van der Waals surface area contributed by atoms with Gasteiger partial charge in [-0.05, 0) is 56.1 Å². The van der Waals surface area contributed by atoms with Gasteiger partial charge in [0.1, 0.15) is 12.4 Å². The fourth-order valence-electron chi connectivity index (χ4n) is 2.27. The Labute approximate surface area is 140 Å². The molecule has 6 heteroatoms. The molecule has 1 heterocycles. The maximum Gasteiger partial charge on any atom is 0.220 e. The second-order valence-electron chi connectivity index (χ2n) is 5.05. The van der Waals surface area contributed by atoms with Gasteiger partial charge in [0.05, 0.1) is 6.54 Å². The minimum atomic E-state index is 0. The Morgan fingerprint density at radius 1 is 1.38 bits per heavy atom. The number of rotatable bonds is 7. The van der Waals surface area contributed by atoms with Crippen LogP contribution in [0.25, 0.3) is 0 Å². The molecular weight excluding hydrogens is 356 g/mol. The van der Waals surface area contributed by atoms with Gasteiger partial charge in [0.15, 0.2) is 0 Å². The molecule has 118 valence electrons. The molecule has 0 radical (unpaired) electrons. The number of benzene rings is 1. The Morgan fingerprint density at radius 2 is 2.14 bits per heavy atom. The largest absolute Gasteiger partial charge is 0.492 e. The quantitative estimate of drug-likeness (QED) is 0.718. The third-order valence-electron chi connectivity index (χ3n) is 3.45. The molecular formula is C15H22BrClN2O2. The standard InChI is InChI=1S/C15H21BrN2O2.ClH/c16-13-2-4-14(5-3-13)20-10-9-18-15(19)6-1-12-7-8-17-11-12;/h2-5,12,17H,1,6-11H2,(H,18,19);1H. The predicted molar refractivity (Wildman–Crippen MR) is 90.1 cm³/mol. The van der Waals surface area contributed by atoms with Crippen LogP contribution >= 0.6 is 28.3 Å². The number of hydrogen-bond donors (Lipinski definition) is 2. The molecule has 1 fully saturated rings. The molecule has 1 aromatic rings. The predicted octanol–water partition coefficient (Wildman–Crippen LogP) is 2.76. The van der Waals surface area contributed by atoms with Crippen LogP contribution in [0, 0.1) is 5.92 Å². The highest BCUT2D eigenvalue weighted by molar-refractivity contribution is 9.10. The van der Waals surface area contributed by atoms with Crippen molar-refractivity contribution in [3.8, 4) is 5.75 Å². The third-order valence-corrected chi connectivity index (χ3v) is 3.98. The van der Waals surface area contributed by atoms with Gasteiger partial charge in [0.2, 0.25) is 5.91 Å². The fraction of sp³-hybridized carbons (Fsp3) is 0.533. The Balaban J connectivity index is 0.00000220. The van der Waals surface area contributed by atoms with Crippen LogP contribution in [0.3, 0.4) is 0 Å². The molecule has 1 aliphatic rings. The van der Waals surface area contributed by atoms with E-state index in [2.05, 4.69) is 26.6 Å². The molecule has 0 saturated carbocycles. The van der Waals surface area contributed by atoms with E-state index in [1.807, 2.05) is 24.3 Å². The molecule has 1 saturated heterocycles. The van der Waals surface area contributed by atoms with Crippen molar-refractivity contribution in [3.63, 3.8) is 0 Å². The first-order valence-corrected chi connectivity index (χ1v) is 7.89. The first-order chi connectivity index (χ1) is 9.74.